The zero-order valence-electron chi connectivity index (χ0n) is 13.6. The van der Waals surface area contributed by atoms with Crippen molar-refractivity contribution in [3.8, 4) is 17.2 Å². The van der Waals surface area contributed by atoms with Crippen molar-refractivity contribution in [2.45, 2.75) is 32.6 Å². The third kappa shape index (κ3) is 4.17. The minimum Gasteiger partial charge on any atom is -0.491 e. The average molecular weight is 313 g/mol. The van der Waals surface area contributed by atoms with Gasteiger partial charge in [0.25, 0.3) is 0 Å². The smallest absolute Gasteiger partial charge is 0.161 e. The van der Waals surface area contributed by atoms with E-state index in [-0.39, 0.29) is 12.2 Å². The first kappa shape index (κ1) is 15.7. The maximum absolute atomic E-state index is 5.95. The number of hydrogen-bond acceptors (Lipinski definition) is 4. The van der Waals surface area contributed by atoms with Crippen molar-refractivity contribution in [3.05, 3.63) is 54.1 Å². The van der Waals surface area contributed by atoms with Crippen LogP contribution in [0.3, 0.4) is 0 Å². The van der Waals surface area contributed by atoms with Crippen LogP contribution in [0.2, 0.25) is 0 Å². The van der Waals surface area contributed by atoms with Crippen LogP contribution in [0.1, 0.15) is 19.4 Å². The molecule has 0 bridgehead atoms. The highest BCUT2D eigenvalue weighted by Gasteiger charge is 2.20. The molecule has 4 nitrogen and oxygen atoms in total. The lowest BCUT2D eigenvalue weighted by Crippen LogP contribution is -2.38. The fraction of sp³-hybridized carbons (Fsp3) is 0.368. The number of fused-ring (bicyclic) bond motifs is 1. The van der Waals surface area contributed by atoms with Crippen LogP contribution in [0.4, 0.5) is 0 Å². The molecular weight excluding hydrogens is 290 g/mol. The summed E-state index contributed by atoms with van der Waals surface area (Å²) in [5, 5.41) is 3.43. The molecule has 0 aromatic heterocycles. The fourth-order valence-corrected chi connectivity index (χ4v) is 2.55. The maximum atomic E-state index is 5.95. The summed E-state index contributed by atoms with van der Waals surface area (Å²) in [6.45, 7) is 6.10. The Morgan fingerprint density at radius 3 is 2.65 bits per heavy atom. The van der Waals surface area contributed by atoms with E-state index in [1.54, 1.807) is 0 Å². The van der Waals surface area contributed by atoms with E-state index >= 15 is 0 Å². The second-order valence-electron chi connectivity index (χ2n) is 5.90. The lowest BCUT2D eigenvalue weighted by molar-refractivity contribution is 0.0901. The standard InChI is InChI=1S/C19H23NO3/c1-14(2)22-17-8-4-3-7-15(17)11-20-12-16-13-21-18-9-5-6-10-19(18)23-16/h3-10,14,16,20H,11-13H2,1-2H3. The maximum Gasteiger partial charge on any atom is 0.161 e. The molecule has 1 aliphatic heterocycles. The summed E-state index contributed by atoms with van der Waals surface area (Å²) < 4.78 is 17.5. The Balaban J connectivity index is 1.53. The first-order chi connectivity index (χ1) is 11.2. The van der Waals surface area contributed by atoms with Gasteiger partial charge in [-0.05, 0) is 32.0 Å². The minimum absolute atomic E-state index is 0.0167. The summed E-state index contributed by atoms with van der Waals surface area (Å²) in [7, 11) is 0. The van der Waals surface area contributed by atoms with Gasteiger partial charge in [0.05, 0.1) is 6.10 Å². The van der Waals surface area contributed by atoms with Gasteiger partial charge in [0.15, 0.2) is 11.5 Å². The van der Waals surface area contributed by atoms with Gasteiger partial charge in [0.2, 0.25) is 0 Å². The monoisotopic (exact) mass is 313 g/mol. The number of para-hydroxylation sites is 3. The predicted octanol–water partition coefficient (Wildman–Crippen LogP) is 3.40. The van der Waals surface area contributed by atoms with E-state index in [9.17, 15) is 0 Å². The first-order valence-corrected chi connectivity index (χ1v) is 8.06. The largest absolute Gasteiger partial charge is 0.491 e. The summed E-state index contributed by atoms with van der Waals surface area (Å²) >= 11 is 0. The molecule has 2 aromatic rings. The van der Waals surface area contributed by atoms with Gasteiger partial charge < -0.3 is 19.5 Å². The van der Waals surface area contributed by atoms with E-state index in [1.807, 2.05) is 56.3 Å². The molecule has 4 heteroatoms. The molecule has 1 N–H and O–H groups in total. The Labute approximate surface area is 137 Å². The molecule has 122 valence electrons. The topological polar surface area (TPSA) is 39.7 Å². The van der Waals surface area contributed by atoms with Crippen LogP contribution in [0.5, 0.6) is 17.2 Å². The molecule has 0 aliphatic carbocycles. The number of benzene rings is 2. The van der Waals surface area contributed by atoms with Crippen molar-refractivity contribution in [1.29, 1.82) is 0 Å². The minimum atomic E-state index is 0.0167. The summed E-state index contributed by atoms with van der Waals surface area (Å²) in [6.07, 6.45) is 0.186. The SMILES string of the molecule is CC(C)Oc1ccccc1CNCC1COc2ccccc2O1. The molecule has 0 saturated heterocycles. The Bertz CT molecular complexity index is 642. The normalized spacial score (nSPS) is 16.4. The van der Waals surface area contributed by atoms with Crippen LogP contribution < -0.4 is 19.5 Å². The Kier molecular flexibility index (Phi) is 5.03. The van der Waals surface area contributed by atoms with Gasteiger partial charge in [-0.25, -0.2) is 0 Å². The van der Waals surface area contributed by atoms with Crippen molar-refractivity contribution in [2.24, 2.45) is 0 Å². The molecule has 1 aliphatic rings. The predicted molar refractivity (Wildman–Crippen MR) is 90.3 cm³/mol. The molecule has 1 unspecified atom stereocenters. The summed E-state index contributed by atoms with van der Waals surface area (Å²) in [4.78, 5) is 0. The molecular formula is C19H23NO3. The highest BCUT2D eigenvalue weighted by Crippen LogP contribution is 2.30. The van der Waals surface area contributed by atoms with Gasteiger partial charge in [0, 0.05) is 18.7 Å². The summed E-state index contributed by atoms with van der Waals surface area (Å²) in [5.74, 6) is 2.56. The lowest BCUT2D eigenvalue weighted by atomic mass is 10.2. The van der Waals surface area contributed by atoms with E-state index in [0.717, 1.165) is 35.9 Å². The molecule has 0 radical (unpaired) electrons. The first-order valence-electron chi connectivity index (χ1n) is 8.06. The highest BCUT2D eigenvalue weighted by molar-refractivity contribution is 5.40. The second-order valence-corrected chi connectivity index (χ2v) is 5.90. The molecule has 0 amide bonds. The number of rotatable bonds is 6. The Hall–Kier alpha value is -2.20. The van der Waals surface area contributed by atoms with Crippen LogP contribution in [0.15, 0.2) is 48.5 Å². The number of nitrogens with one attached hydrogen (secondary N) is 1. The summed E-state index contributed by atoms with van der Waals surface area (Å²) in [5.41, 5.74) is 1.15. The van der Waals surface area contributed by atoms with Crippen LogP contribution >= 0.6 is 0 Å². The molecule has 1 atom stereocenters. The summed E-state index contributed by atoms with van der Waals surface area (Å²) in [6, 6.07) is 15.9. The van der Waals surface area contributed by atoms with E-state index in [1.165, 1.54) is 0 Å². The van der Waals surface area contributed by atoms with Crippen molar-refractivity contribution >= 4 is 0 Å². The van der Waals surface area contributed by atoms with Crippen LogP contribution in [0, 0.1) is 0 Å². The van der Waals surface area contributed by atoms with Gasteiger partial charge in [-0.1, -0.05) is 30.3 Å². The van der Waals surface area contributed by atoms with E-state index in [2.05, 4.69) is 11.4 Å². The zero-order valence-corrected chi connectivity index (χ0v) is 13.6. The Morgan fingerprint density at radius 2 is 1.83 bits per heavy atom. The van der Waals surface area contributed by atoms with Gasteiger partial charge in [0.1, 0.15) is 18.5 Å². The van der Waals surface area contributed by atoms with Crippen LogP contribution in [-0.2, 0) is 6.54 Å². The van der Waals surface area contributed by atoms with E-state index in [4.69, 9.17) is 14.2 Å². The van der Waals surface area contributed by atoms with Gasteiger partial charge in [-0.2, -0.15) is 0 Å². The molecule has 1 heterocycles. The Morgan fingerprint density at radius 1 is 1.09 bits per heavy atom. The van der Waals surface area contributed by atoms with Crippen molar-refractivity contribution in [2.75, 3.05) is 13.2 Å². The van der Waals surface area contributed by atoms with Gasteiger partial charge in [-0.15, -0.1) is 0 Å². The van der Waals surface area contributed by atoms with Crippen molar-refractivity contribution in [1.82, 2.24) is 5.32 Å². The number of ether oxygens (including phenoxy) is 3. The van der Waals surface area contributed by atoms with Crippen molar-refractivity contribution < 1.29 is 14.2 Å². The van der Waals surface area contributed by atoms with E-state index < -0.39 is 0 Å². The van der Waals surface area contributed by atoms with Gasteiger partial charge in [-0.3, -0.25) is 0 Å². The molecule has 2 aromatic carbocycles. The third-order valence-electron chi connectivity index (χ3n) is 3.59. The second kappa shape index (κ2) is 7.38. The zero-order chi connectivity index (χ0) is 16.1. The number of hydrogen-bond donors (Lipinski definition) is 1. The molecule has 3 rings (SSSR count). The average Bonchev–Trinajstić information content (AvgIpc) is 2.56. The molecule has 0 fully saturated rings. The highest BCUT2D eigenvalue weighted by atomic mass is 16.6. The van der Waals surface area contributed by atoms with E-state index in [0.29, 0.717) is 6.61 Å². The van der Waals surface area contributed by atoms with Gasteiger partial charge >= 0.3 is 0 Å². The van der Waals surface area contributed by atoms with Crippen LogP contribution in [0.25, 0.3) is 0 Å². The lowest BCUT2D eigenvalue weighted by Gasteiger charge is -2.26. The quantitative estimate of drug-likeness (QED) is 0.887. The van der Waals surface area contributed by atoms with Crippen molar-refractivity contribution in [3.63, 3.8) is 0 Å². The van der Waals surface area contributed by atoms with Crippen LogP contribution in [-0.4, -0.2) is 25.4 Å². The molecule has 0 spiro atoms. The fourth-order valence-electron chi connectivity index (χ4n) is 2.55. The molecule has 0 saturated carbocycles. The molecule has 23 heavy (non-hydrogen) atoms. The third-order valence-corrected chi connectivity index (χ3v) is 3.59.